The van der Waals surface area contributed by atoms with Crippen LogP contribution >= 0.6 is 0 Å². The van der Waals surface area contributed by atoms with Crippen molar-refractivity contribution in [3.63, 3.8) is 0 Å². The normalized spacial score (nSPS) is 26.2. The van der Waals surface area contributed by atoms with E-state index in [0.717, 1.165) is 32.4 Å². The van der Waals surface area contributed by atoms with Crippen molar-refractivity contribution in [2.75, 3.05) is 13.2 Å². The zero-order valence-corrected chi connectivity index (χ0v) is 12.7. The molecule has 0 bridgehead atoms. The molecule has 3 unspecified atom stereocenters. The second kappa shape index (κ2) is 8.13. The van der Waals surface area contributed by atoms with E-state index in [1.807, 2.05) is 0 Å². The molecular formula is C15H31NO2. The van der Waals surface area contributed by atoms with E-state index in [2.05, 4.69) is 39.9 Å². The largest absolute Gasteiger partial charge is 0.376 e. The molecule has 0 spiro atoms. The maximum atomic E-state index is 5.98. The van der Waals surface area contributed by atoms with E-state index in [1.165, 1.54) is 0 Å². The molecule has 3 atom stereocenters. The van der Waals surface area contributed by atoms with Gasteiger partial charge in [0.05, 0.1) is 24.9 Å². The summed E-state index contributed by atoms with van der Waals surface area (Å²) in [7, 11) is 0. The van der Waals surface area contributed by atoms with Gasteiger partial charge in [-0.3, -0.25) is 0 Å². The Morgan fingerprint density at radius 2 is 1.78 bits per heavy atom. The number of hydrogen-bond acceptors (Lipinski definition) is 3. The molecule has 108 valence electrons. The summed E-state index contributed by atoms with van der Waals surface area (Å²) in [5.74, 6) is 0.701. The third-order valence-corrected chi connectivity index (χ3v) is 3.32. The Kier molecular flexibility index (Phi) is 7.20. The fourth-order valence-electron chi connectivity index (χ4n) is 2.42. The SMILES string of the molecule is CC(C)CC(C)OCC1CCC(CNC(C)C)O1. The molecule has 1 N–H and O–H groups in total. The first-order valence-electron chi connectivity index (χ1n) is 7.47. The van der Waals surface area contributed by atoms with Crippen LogP contribution in [0.15, 0.2) is 0 Å². The van der Waals surface area contributed by atoms with E-state index in [9.17, 15) is 0 Å². The maximum absolute atomic E-state index is 5.98. The molecular weight excluding hydrogens is 226 g/mol. The van der Waals surface area contributed by atoms with Crippen molar-refractivity contribution >= 4 is 0 Å². The zero-order valence-electron chi connectivity index (χ0n) is 12.7. The van der Waals surface area contributed by atoms with Crippen LogP contribution < -0.4 is 5.32 Å². The van der Waals surface area contributed by atoms with Crippen LogP contribution in [-0.2, 0) is 9.47 Å². The highest BCUT2D eigenvalue weighted by Crippen LogP contribution is 2.20. The van der Waals surface area contributed by atoms with Gasteiger partial charge in [-0.15, -0.1) is 0 Å². The molecule has 0 aromatic rings. The number of ether oxygens (including phenoxy) is 2. The molecule has 0 radical (unpaired) electrons. The molecule has 0 aliphatic carbocycles. The topological polar surface area (TPSA) is 30.5 Å². The predicted molar refractivity (Wildman–Crippen MR) is 75.9 cm³/mol. The van der Waals surface area contributed by atoms with Gasteiger partial charge in [0, 0.05) is 12.6 Å². The molecule has 0 amide bonds. The molecule has 1 rings (SSSR count). The van der Waals surface area contributed by atoms with Crippen LogP contribution in [0.1, 0.15) is 53.9 Å². The molecule has 3 heteroatoms. The Hall–Kier alpha value is -0.120. The first kappa shape index (κ1) is 15.9. The van der Waals surface area contributed by atoms with Crippen LogP contribution in [-0.4, -0.2) is 37.5 Å². The van der Waals surface area contributed by atoms with Crippen LogP contribution in [0.5, 0.6) is 0 Å². The van der Waals surface area contributed by atoms with Crippen molar-refractivity contribution < 1.29 is 9.47 Å². The van der Waals surface area contributed by atoms with Gasteiger partial charge < -0.3 is 14.8 Å². The van der Waals surface area contributed by atoms with Crippen molar-refractivity contribution in [2.45, 2.75) is 78.2 Å². The Labute approximate surface area is 113 Å². The molecule has 1 aliphatic heterocycles. The molecule has 3 nitrogen and oxygen atoms in total. The lowest BCUT2D eigenvalue weighted by molar-refractivity contribution is -0.0408. The van der Waals surface area contributed by atoms with Gasteiger partial charge in [-0.1, -0.05) is 27.7 Å². The maximum Gasteiger partial charge on any atom is 0.0814 e. The first-order chi connectivity index (χ1) is 8.47. The van der Waals surface area contributed by atoms with Gasteiger partial charge in [0.25, 0.3) is 0 Å². The van der Waals surface area contributed by atoms with E-state index in [-0.39, 0.29) is 0 Å². The van der Waals surface area contributed by atoms with Crippen molar-refractivity contribution in [2.24, 2.45) is 5.92 Å². The van der Waals surface area contributed by atoms with Crippen molar-refractivity contribution in [3.8, 4) is 0 Å². The Morgan fingerprint density at radius 3 is 2.39 bits per heavy atom. The van der Waals surface area contributed by atoms with E-state index in [0.29, 0.717) is 30.3 Å². The summed E-state index contributed by atoms with van der Waals surface area (Å²) in [6.07, 6.45) is 4.46. The lowest BCUT2D eigenvalue weighted by Gasteiger charge is -2.19. The van der Waals surface area contributed by atoms with Crippen LogP contribution in [0.3, 0.4) is 0 Å². The van der Waals surface area contributed by atoms with E-state index < -0.39 is 0 Å². The van der Waals surface area contributed by atoms with Gasteiger partial charge in [0.1, 0.15) is 0 Å². The van der Waals surface area contributed by atoms with E-state index >= 15 is 0 Å². The highest BCUT2D eigenvalue weighted by molar-refractivity contribution is 4.76. The van der Waals surface area contributed by atoms with E-state index in [1.54, 1.807) is 0 Å². The first-order valence-corrected chi connectivity index (χ1v) is 7.47. The minimum atomic E-state index is 0.304. The summed E-state index contributed by atoms with van der Waals surface area (Å²) in [4.78, 5) is 0. The average molecular weight is 257 g/mol. The van der Waals surface area contributed by atoms with Crippen molar-refractivity contribution in [3.05, 3.63) is 0 Å². The standard InChI is InChI=1S/C15H31NO2/c1-11(2)8-13(5)17-10-15-7-6-14(18-15)9-16-12(3)4/h11-16H,6-10H2,1-5H3. The summed E-state index contributed by atoms with van der Waals surface area (Å²) >= 11 is 0. The number of nitrogens with one attached hydrogen (secondary N) is 1. The summed E-state index contributed by atoms with van der Waals surface area (Å²) in [5.41, 5.74) is 0. The third-order valence-electron chi connectivity index (χ3n) is 3.32. The molecule has 0 saturated carbocycles. The molecule has 0 aromatic carbocycles. The lowest BCUT2D eigenvalue weighted by Crippen LogP contribution is -2.32. The van der Waals surface area contributed by atoms with Gasteiger partial charge in [-0.2, -0.15) is 0 Å². The molecule has 18 heavy (non-hydrogen) atoms. The van der Waals surface area contributed by atoms with Gasteiger partial charge in [0.2, 0.25) is 0 Å². The Morgan fingerprint density at radius 1 is 1.11 bits per heavy atom. The molecule has 1 fully saturated rings. The summed E-state index contributed by atoms with van der Waals surface area (Å²) in [6.45, 7) is 12.7. The minimum absolute atomic E-state index is 0.304. The summed E-state index contributed by atoms with van der Waals surface area (Å²) in [5, 5.41) is 3.43. The predicted octanol–water partition coefficient (Wildman–Crippen LogP) is 2.98. The highest BCUT2D eigenvalue weighted by atomic mass is 16.5. The summed E-state index contributed by atoms with van der Waals surface area (Å²) < 4.78 is 11.8. The van der Waals surface area contributed by atoms with Gasteiger partial charge in [-0.05, 0) is 32.1 Å². The smallest absolute Gasteiger partial charge is 0.0814 e. The van der Waals surface area contributed by atoms with Crippen LogP contribution in [0.4, 0.5) is 0 Å². The molecule has 1 aliphatic rings. The number of hydrogen-bond donors (Lipinski definition) is 1. The zero-order chi connectivity index (χ0) is 13.5. The monoisotopic (exact) mass is 257 g/mol. The van der Waals surface area contributed by atoms with Crippen molar-refractivity contribution in [1.29, 1.82) is 0 Å². The Balaban J connectivity index is 2.10. The average Bonchev–Trinajstić information content (AvgIpc) is 2.70. The minimum Gasteiger partial charge on any atom is -0.376 e. The quantitative estimate of drug-likeness (QED) is 0.725. The van der Waals surface area contributed by atoms with Gasteiger partial charge >= 0.3 is 0 Å². The van der Waals surface area contributed by atoms with Crippen molar-refractivity contribution in [1.82, 2.24) is 5.32 Å². The van der Waals surface area contributed by atoms with E-state index in [4.69, 9.17) is 9.47 Å². The fraction of sp³-hybridized carbons (Fsp3) is 1.00. The third kappa shape index (κ3) is 6.72. The molecule has 1 saturated heterocycles. The van der Waals surface area contributed by atoms with Crippen LogP contribution in [0.2, 0.25) is 0 Å². The summed E-state index contributed by atoms with van der Waals surface area (Å²) in [6, 6.07) is 0.537. The molecule has 0 aromatic heterocycles. The highest BCUT2D eigenvalue weighted by Gasteiger charge is 2.25. The number of rotatable bonds is 8. The molecule has 1 heterocycles. The second-order valence-corrected chi connectivity index (χ2v) is 6.29. The fourth-order valence-corrected chi connectivity index (χ4v) is 2.42. The second-order valence-electron chi connectivity index (χ2n) is 6.29. The van der Waals surface area contributed by atoms with Crippen LogP contribution in [0, 0.1) is 5.92 Å². The van der Waals surface area contributed by atoms with Crippen LogP contribution in [0.25, 0.3) is 0 Å². The van der Waals surface area contributed by atoms with Gasteiger partial charge in [0.15, 0.2) is 0 Å². The Bertz CT molecular complexity index is 219. The lowest BCUT2D eigenvalue weighted by atomic mass is 10.1. The van der Waals surface area contributed by atoms with Gasteiger partial charge in [-0.25, -0.2) is 0 Å².